The highest BCUT2D eigenvalue weighted by Gasteiger charge is 2.01. The fourth-order valence-corrected chi connectivity index (χ4v) is 2.07. The third-order valence-corrected chi connectivity index (χ3v) is 3.33. The van der Waals surface area contributed by atoms with Gasteiger partial charge in [0.25, 0.3) is 0 Å². The lowest BCUT2D eigenvalue weighted by Gasteiger charge is -1.99. The summed E-state index contributed by atoms with van der Waals surface area (Å²) in [5, 5.41) is 8.41. The Bertz CT molecular complexity index is 617. The van der Waals surface area contributed by atoms with Crippen molar-refractivity contribution in [3.63, 3.8) is 0 Å². The van der Waals surface area contributed by atoms with E-state index in [1.165, 1.54) is 11.1 Å². The normalized spacial score (nSPS) is 11.5. The number of allylic oxidation sites excluding steroid dienone is 4. The first-order chi connectivity index (χ1) is 10.1. The summed E-state index contributed by atoms with van der Waals surface area (Å²) in [6.07, 6.45) is 8.71. The number of rotatable bonds is 6. The molecule has 3 heteroatoms. The van der Waals surface area contributed by atoms with Crippen LogP contribution in [0.2, 0.25) is 0 Å². The Morgan fingerprint density at radius 1 is 1.10 bits per heavy atom. The van der Waals surface area contributed by atoms with Gasteiger partial charge in [-0.15, -0.1) is 5.10 Å². The summed E-state index contributed by atoms with van der Waals surface area (Å²) in [5.41, 5.74) is 4.80. The summed E-state index contributed by atoms with van der Waals surface area (Å²) in [5.74, 6) is 0. The lowest BCUT2D eigenvalue weighted by atomic mass is 10.1. The van der Waals surface area contributed by atoms with Crippen LogP contribution in [0.25, 0.3) is 11.3 Å². The maximum Gasteiger partial charge on any atom is 0.113 e. The number of benzene rings is 1. The lowest BCUT2D eigenvalue weighted by molar-refractivity contribution is 0.657. The van der Waals surface area contributed by atoms with Gasteiger partial charge in [0, 0.05) is 5.56 Å². The second-order valence-corrected chi connectivity index (χ2v) is 5.56. The third kappa shape index (κ3) is 5.03. The minimum atomic E-state index is 0.778. The van der Waals surface area contributed by atoms with Crippen molar-refractivity contribution in [1.82, 2.24) is 15.0 Å². The van der Waals surface area contributed by atoms with Crippen molar-refractivity contribution < 1.29 is 0 Å². The molecule has 0 aliphatic heterocycles. The van der Waals surface area contributed by atoms with E-state index in [2.05, 4.69) is 55.4 Å². The molecule has 3 nitrogen and oxygen atoms in total. The summed E-state index contributed by atoms with van der Waals surface area (Å²) in [4.78, 5) is 0. The molecular weight excluding hydrogens is 258 g/mol. The fourth-order valence-electron chi connectivity index (χ4n) is 2.07. The standard InChI is InChI=1S/C18H23N3/c1-15(2)8-7-9-16(3)12-13-21-14-18(19-20-21)17-10-5-4-6-11-17/h4-6,8,10-12,14H,7,9,13H2,1-3H3/b16-12-. The van der Waals surface area contributed by atoms with Crippen LogP contribution in [-0.4, -0.2) is 15.0 Å². The Morgan fingerprint density at radius 3 is 2.57 bits per heavy atom. The largest absolute Gasteiger partial charge is 0.248 e. The van der Waals surface area contributed by atoms with Crippen LogP contribution in [0.5, 0.6) is 0 Å². The number of aromatic nitrogens is 3. The van der Waals surface area contributed by atoms with E-state index >= 15 is 0 Å². The highest BCUT2D eigenvalue weighted by molar-refractivity contribution is 5.57. The van der Waals surface area contributed by atoms with Crippen molar-refractivity contribution in [2.75, 3.05) is 0 Å². The average molecular weight is 281 g/mol. The molecule has 0 N–H and O–H groups in total. The van der Waals surface area contributed by atoms with Gasteiger partial charge >= 0.3 is 0 Å². The third-order valence-electron chi connectivity index (χ3n) is 3.33. The molecule has 0 saturated heterocycles. The van der Waals surface area contributed by atoms with Crippen molar-refractivity contribution in [2.45, 2.75) is 40.2 Å². The van der Waals surface area contributed by atoms with Crippen molar-refractivity contribution in [3.05, 3.63) is 59.8 Å². The van der Waals surface area contributed by atoms with Crippen LogP contribution in [0.15, 0.2) is 59.8 Å². The van der Waals surface area contributed by atoms with Gasteiger partial charge < -0.3 is 0 Å². The molecule has 2 rings (SSSR count). The minimum Gasteiger partial charge on any atom is -0.248 e. The second-order valence-electron chi connectivity index (χ2n) is 5.56. The van der Waals surface area contributed by atoms with Gasteiger partial charge in [0.05, 0.1) is 12.7 Å². The molecule has 0 aliphatic rings. The molecule has 0 amide bonds. The van der Waals surface area contributed by atoms with Gasteiger partial charge in [-0.1, -0.05) is 58.8 Å². The Labute approximate surface area is 127 Å². The van der Waals surface area contributed by atoms with E-state index < -0.39 is 0 Å². The summed E-state index contributed by atoms with van der Waals surface area (Å²) in [6.45, 7) is 7.23. The molecule has 0 radical (unpaired) electrons. The molecule has 2 aromatic rings. The molecule has 1 aromatic carbocycles. The van der Waals surface area contributed by atoms with Crippen LogP contribution >= 0.6 is 0 Å². The van der Waals surface area contributed by atoms with E-state index in [0.29, 0.717) is 0 Å². The lowest BCUT2D eigenvalue weighted by Crippen LogP contribution is -1.96. The van der Waals surface area contributed by atoms with Gasteiger partial charge in [-0.2, -0.15) is 0 Å². The predicted octanol–water partition coefficient (Wildman–Crippen LogP) is 4.64. The Hall–Kier alpha value is -2.16. The molecule has 0 spiro atoms. The van der Waals surface area contributed by atoms with Crippen molar-refractivity contribution >= 4 is 0 Å². The van der Waals surface area contributed by atoms with Crippen LogP contribution < -0.4 is 0 Å². The molecule has 1 aromatic heterocycles. The van der Waals surface area contributed by atoms with Crippen LogP contribution in [0.3, 0.4) is 0 Å². The van der Waals surface area contributed by atoms with Crippen LogP contribution in [0, 0.1) is 0 Å². The Morgan fingerprint density at radius 2 is 1.86 bits per heavy atom. The zero-order valence-electron chi connectivity index (χ0n) is 13.1. The predicted molar refractivity (Wildman–Crippen MR) is 87.9 cm³/mol. The SMILES string of the molecule is CC(C)=CCC/C(C)=C\Cn1cc(-c2ccccc2)nn1. The topological polar surface area (TPSA) is 30.7 Å². The Balaban J connectivity index is 1.92. The molecule has 0 saturated carbocycles. The molecule has 0 bridgehead atoms. The molecule has 1 heterocycles. The minimum absolute atomic E-state index is 0.778. The number of hydrogen-bond acceptors (Lipinski definition) is 2. The van der Waals surface area contributed by atoms with Gasteiger partial charge in [0.1, 0.15) is 5.69 Å². The molecule has 110 valence electrons. The molecule has 0 aliphatic carbocycles. The van der Waals surface area contributed by atoms with Gasteiger partial charge in [-0.05, 0) is 33.6 Å². The highest BCUT2D eigenvalue weighted by Crippen LogP contribution is 2.15. The molecule has 0 atom stereocenters. The summed E-state index contributed by atoms with van der Waals surface area (Å²) in [7, 11) is 0. The summed E-state index contributed by atoms with van der Waals surface area (Å²) < 4.78 is 1.88. The average Bonchev–Trinajstić information content (AvgIpc) is 2.94. The van der Waals surface area contributed by atoms with Crippen molar-refractivity contribution in [1.29, 1.82) is 0 Å². The fraction of sp³-hybridized carbons (Fsp3) is 0.333. The first-order valence-electron chi connectivity index (χ1n) is 7.39. The molecule has 0 unspecified atom stereocenters. The van der Waals surface area contributed by atoms with Gasteiger partial charge in [0.15, 0.2) is 0 Å². The van der Waals surface area contributed by atoms with Gasteiger partial charge in [-0.3, -0.25) is 0 Å². The summed E-state index contributed by atoms with van der Waals surface area (Å²) in [6, 6.07) is 10.1. The number of nitrogens with zero attached hydrogens (tertiary/aromatic N) is 3. The second kappa shape index (κ2) is 7.58. The van der Waals surface area contributed by atoms with E-state index in [0.717, 1.165) is 30.6 Å². The zero-order chi connectivity index (χ0) is 15.1. The maximum absolute atomic E-state index is 4.22. The van der Waals surface area contributed by atoms with E-state index in [1.807, 2.05) is 29.1 Å². The zero-order valence-corrected chi connectivity index (χ0v) is 13.1. The quantitative estimate of drug-likeness (QED) is 0.722. The smallest absolute Gasteiger partial charge is 0.113 e. The molecule has 0 fully saturated rings. The van der Waals surface area contributed by atoms with E-state index in [1.54, 1.807) is 0 Å². The van der Waals surface area contributed by atoms with E-state index in [9.17, 15) is 0 Å². The molecular formula is C18H23N3. The van der Waals surface area contributed by atoms with Crippen molar-refractivity contribution in [2.24, 2.45) is 0 Å². The van der Waals surface area contributed by atoms with Crippen LogP contribution in [-0.2, 0) is 6.54 Å². The van der Waals surface area contributed by atoms with E-state index in [-0.39, 0.29) is 0 Å². The maximum atomic E-state index is 4.22. The van der Waals surface area contributed by atoms with Crippen LogP contribution in [0.4, 0.5) is 0 Å². The van der Waals surface area contributed by atoms with Crippen LogP contribution in [0.1, 0.15) is 33.6 Å². The monoisotopic (exact) mass is 281 g/mol. The first-order valence-corrected chi connectivity index (χ1v) is 7.39. The Kier molecular flexibility index (Phi) is 5.50. The highest BCUT2D eigenvalue weighted by atomic mass is 15.4. The first kappa shape index (κ1) is 15.2. The molecule has 21 heavy (non-hydrogen) atoms. The van der Waals surface area contributed by atoms with Crippen molar-refractivity contribution in [3.8, 4) is 11.3 Å². The summed E-state index contributed by atoms with van der Waals surface area (Å²) >= 11 is 0. The number of hydrogen-bond donors (Lipinski definition) is 0. The van der Waals surface area contributed by atoms with Gasteiger partial charge in [0.2, 0.25) is 0 Å². The van der Waals surface area contributed by atoms with E-state index in [4.69, 9.17) is 0 Å². The van der Waals surface area contributed by atoms with Gasteiger partial charge in [-0.25, -0.2) is 4.68 Å².